The zero-order chi connectivity index (χ0) is 10.6. The van der Waals surface area contributed by atoms with Crippen LogP contribution in [0.25, 0.3) is 0 Å². The lowest BCUT2D eigenvalue weighted by Gasteiger charge is -2.21. The fourth-order valence-electron chi connectivity index (χ4n) is 1.88. The standard InChI is InChI=1S/C10H21N3O/c1-4-12-5-6-13(10(12)14)8-9(2)7-11-3/h9,11H,4-8H2,1-3H3. The fourth-order valence-corrected chi connectivity index (χ4v) is 1.88. The highest BCUT2D eigenvalue weighted by Crippen LogP contribution is 2.10. The Bertz CT molecular complexity index is 196. The molecule has 4 heteroatoms. The first kappa shape index (κ1) is 11.3. The summed E-state index contributed by atoms with van der Waals surface area (Å²) in [7, 11) is 1.95. The van der Waals surface area contributed by atoms with Crippen LogP contribution in [0.4, 0.5) is 4.79 Å². The Morgan fingerprint density at radius 3 is 2.57 bits per heavy atom. The molecule has 0 saturated carbocycles. The molecule has 1 fully saturated rings. The van der Waals surface area contributed by atoms with Gasteiger partial charge in [-0.15, -0.1) is 0 Å². The van der Waals surface area contributed by atoms with Crippen molar-refractivity contribution in [2.45, 2.75) is 13.8 Å². The third-order valence-electron chi connectivity index (χ3n) is 2.65. The van der Waals surface area contributed by atoms with Crippen molar-refractivity contribution in [2.24, 2.45) is 5.92 Å². The van der Waals surface area contributed by atoms with E-state index in [9.17, 15) is 4.79 Å². The predicted octanol–water partition coefficient (Wildman–Crippen LogP) is 0.599. The van der Waals surface area contributed by atoms with Gasteiger partial charge in [-0.1, -0.05) is 6.92 Å². The summed E-state index contributed by atoms with van der Waals surface area (Å²) in [5, 5.41) is 3.13. The summed E-state index contributed by atoms with van der Waals surface area (Å²) in [5.74, 6) is 0.528. The first-order valence-electron chi connectivity index (χ1n) is 5.37. The average molecular weight is 199 g/mol. The van der Waals surface area contributed by atoms with Crippen molar-refractivity contribution in [2.75, 3.05) is 39.8 Å². The molecule has 1 aliphatic rings. The summed E-state index contributed by atoms with van der Waals surface area (Å²) >= 11 is 0. The maximum atomic E-state index is 11.7. The van der Waals surface area contributed by atoms with Crippen LogP contribution in [0.5, 0.6) is 0 Å². The van der Waals surface area contributed by atoms with Crippen molar-refractivity contribution in [3.8, 4) is 0 Å². The smallest absolute Gasteiger partial charge is 0.320 e. The molecule has 82 valence electrons. The highest BCUT2D eigenvalue weighted by molar-refractivity contribution is 5.76. The van der Waals surface area contributed by atoms with E-state index >= 15 is 0 Å². The topological polar surface area (TPSA) is 35.6 Å². The van der Waals surface area contributed by atoms with Gasteiger partial charge in [-0.2, -0.15) is 0 Å². The van der Waals surface area contributed by atoms with E-state index in [4.69, 9.17) is 0 Å². The van der Waals surface area contributed by atoms with Gasteiger partial charge in [-0.05, 0) is 26.4 Å². The Hall–Kier alpha value is -0.770. The highest BCUT2D eigenvalue weighted by atomic mass is 16.2. The van der Waals surface area contributed by atoms with Gasteiger partial charge in [0.25, 0.3) is 0 Å². The van der Waals surface area contributed by atoms with Crippen LogP contribution in [0.15, 0.2) is 0 Å². The van der Waals surface area contributed by atoms with Gasteiger partial charge in [-0.25, -0.2) is 4.79 Å². The minimum Gasteiger partial charge on any atom is -0.323 e. The molecule has 0 aromatic rings. The first-order valence-corrected chi connectivity index (χ1v) is 5.37. The summed E-state index contributed by atoms with van der Waals surface area (Å²) in [6, 6.07) is 0.204. The van der Waals surface area contributed by atoms with Crippen molar-refractivity contribution in [3.05, 3.63) is 0 Å². The quantitative estimate of drug-likeness (QED) is 0.704. The zero-order valence-corrected chi connectivity index (χ0v) is 9.42. The molecule has 0 bridgehead atoms. The lowest BCUT2D eigenvalue weighted by Crippen LogP contribution is -2.36. The van der Waals surface area contributed by atoms with Gasteiger partial charge in [0.15, 0.2) is 0 Å². The van der Waals surface area contributed by atoms with Crippen LogP contribution in [-0.4, -0.2) is 55.6 Å². The van der Waals surface area contributed by atoms with Gasteiger partial charge < -0.3 is 15.1 Å². The molecular weight excluding hydrogens is 178 g/mol. The number of nitrogens with zero attached hydrogens (tertiary/aromatic N) is 2. The number of urea groups is 1. The molecule has 1 aliphatic heterocycles. The van der Waals surface area contributed by atoms with Gasteiger partial charge in [-0.3, -0.25) is 0 Å². The van der Waals surface area contributed by atoms with E-state index in [0.717, 1.165) is 32.7 Å². The molecule has 1 saturated heterocycles. The molecular formula is C10H21N3O. The molecule has 1 atom stereocenters. The number of carbonyl (C=O) groups excluding carboxylic acids is 1. The van der Waals surface area contributed by atoms with Crippen LogP contribution in [0, 0.1) is 5.92 Å². The van der Waals surface area contributed by atoms with Gasteiger partial charge in [0, 0.05) is 26.2 Å². The second-order valence-electron chi connectivity index (χ2n) is 3.97. The number of likely N-dealkylation sites (N-methyl/N-ethyl adjacent to an activating group) is 1. The molecule has 14 heavy (non-hydrogen) atoms. The van der Waals surface area contributed by atoms with Gasteiger partial charge >= 0.3 is 6.03 Å². The Balaban J connectivity index is 2.36. The first-order chi connectivity index (χ1) is 6.69. The van der Waals surface area contributed by atoms with E-state index < -0.39 is 0 Å². The summed E-state index contributed by atoms with van der Waals surface area (Å²) < 4.78 is 0. The Morgan fingerprint density at radius 1 is 1.43 bits per heavy atom. The SMILES string of the molecule is CCN1CCN(CC(C)CNC)C1=O. The predicted molar refractivity (Wildman–Crippen MR) is 57.3 cm³/mol. The molecule has 0 aromatic heterocycles. The largest absolute Gasteiger partial charge is 0.323 e. The number of hydrogen-bond donors (Lipinski definition) is 1. The number of carbonyl (C=O) groups is 1. The van der Waals surface area contributed by atoms with Gasteiger partial charge in [0.2, 0.25) is 0 Å². The maximum Gasteiger partial charge on any atom is 0.320 e. The molecule has 1 N–H and O–H groups in total. The van der Waals surface area contributed by atoms with Crippen molar-refractivity contribution in [1.29, 1.82) is 0 Å². The fraction of sp³-hybridized carbons (Fsp3) is 0.900. The Labute approximate surface area is 86.2 Å². The van der Waals surface area contributed by atoms with E-state index in [-0.39, 0.29) is 6.03 Å². The van der Waals surface area contributed by atoms with Crippen LogP contribution in [0.1, 0.15) is 13.8 Å². The minimum absolute atomic E-state index is 0.204. The third-order valence-corrected chi connectivity index (χ3v) is 2.65. The second kappa shape index (κ2) is 5.20. The summed E-state index contributed by atoms with van der Waals surface area (Å²) in [5.41, 5.74) is 0. The molecule has 0 spiro atoms. The van der Waals surface area contributed by atoms with Crippen LogP contribution in [0.3, 0.4) is 0 Å². The van der Waals surface area contributed by atoms with Crippen LogP contribution >= 0.6 is 0 Å². The van der Waals surface area contributed by atoms with E-state index in [0.29, 0.717) is 5.92 Å². The van der Waals surface area contributed by atoms with Crippen molar-refractivity contribution >= 4 is 6.03 Å². The van der Waals surface area contributed by atoms with Crippen molar-refractivity contribution in [3.63, 3.8) is 0 Å². The number of hydrogen-bond acceptors (Lipinski definition) is 2. The highest BCUT2D eigenvalue weighted by Gasteiger charge is 2.27. The second-order valence-corrected chi connectivity index (χ2v) is 3.97. The van der Waals surface area contributed by atoms with Gasteiger partial charge in [0.1, 0.15) is 0 Å². The van der Waals surface area contributed by atoms with Crippen molar-refractivity contribution in [1.82, 2.24) is 15.1 Å². The van der Waals surface area contributed by atoms with E-state index in [1.54, 1.807) is 0 Å². The van der Waals surface area contributed by atoms with E-state index in [1.165, 1.54) is 0 Å². The third kappa shape index (κ3) is 2.61. The molecule has 0 aromatic carbocycles. The van der Waals surface area contributed by atoms with Gasteiger partial charge in [0.05, 0.1) is 0 Å². The molecule has 1 rings (SSSR count). The summed E-state index contributed by atoms with van der Waals surface area (Å²) in [4.78, 5) is 15.6. The average Bonchev–Trinajstić information content (AvgIpc) is 2.48. The molecule has 0 radical (unpaired) electrons. The minimum atomic E-state index is 0.204. The van der Waals surface area contributed by atoms with Crippen LogP contribution in [-0.2, 0) is 0 Å². The van der Waals surface area contributed by atoms with Crippen LogP contribution in [0.2, 0.25) is 0 Å². The molecule has 4 nitrogen and oxygen atoms in total. The summed E-state index contributed by atoms with van der Waals surface area (Å²) in [6.07, 6.45) is 0. The Kier molecular flexibility index (Phi) is 4.20. The monoisotopic (exact) mass is 199 g/mol. The van der Waals surface area contributed by atoms with E-state index in [2.05, 4.69) is 12.2 Å². The molecule has 1 heterocycles. The van der Waals surface area contributed by atoms with Crippen molar-refractivity contribution < 1.29 is 4.79 Å². The lowest BCUT2D eigenvalue weighted by molar-refractivity contribution is 0.188. The number of amides is 2. The molecule has 1 unspecified atom stereocenters. The van der Waals surface area contributed by atoms with E-state index in [1.807, 2.05) is 23.8 Å². The zero-order valence-electron chi connectivity index (χ0n) is 9.42. The number of rotatable bonds is 5. The molecule has 2 amide bonds. The normalized spacial score (nSPS) is 19.2. The number of nitrogens with one attached hydrogen (secondary N) is 1. The molecule has 0 aliphatic carbocycles. The Morgan fingerprint density at radius 2 is 2.07 bits per heavy atom. The summed E-state index contributed by atoms with van der Waals surface area (Å²) in [6.45, 7) is 8.64. The maximum absolute atomic E-state index is 11.7. The lowest BCUT2D eigenvalue weighted by atomic mass is 10.2. The van der Waals surface area contributed by atoms with Crippen LogP contribution < -0.4 is 5.32 Å².